The number of rotatable bonds is 5. The van der Waals surface area contributed by atoms with Crippen molar-refractivity contribution in [3.8, 4) is 0 Å². The zero-order valence-corrected chi connectivity index (χ0v) is 12.7. The summed E-state index contributed by atoms with van der Waals surface area (Å²) in [5.41, 5.74) is 2.08. The van der Waals surface area contributed by atoms with Crippen molar-refractivity contribution < 1.29 is 9.32 Å². The number of nitrogens with one attached hydrogen (secondary N) is 1. The lowest BCUT2D eigenvalue weighted by Crippen LogP contribution is -2.66. The zero-order valence-electron chi connectivity index (χ0n) is 11.9. The second-order valence-electron chi connectivity index (χ2n) is 5.35. The highest BCUT2D eigenvalue weighted by molar-refractivity contribution is 7.94. The van der Waals surface area contributed by atoms with Crippen LogP contribution >= 0.6 is 11.9 Å². The number of hydrogen-bond acceptors (Lipinski definition) is 3. The Hall–Kier alpha value is -1.36. The van der Waals surface area contributed by atoms with Crippen LogP contribution in [0, 0.1) is 10.1 Å². The summed E-state index contributed by atoms with van der Waals surface area (Å²) < 4.78 is 3.45. The van der Waals surface area contributed by atoms with E-state index in [2.05, 4.69) is 32.1 Å². The van der Waals surface area contributed by atoms with Crippen LogP contribution in [0.1, 0.15) is 46.1 Å². The summed E-state index contributed by atoms with van der Waals surface area (Å²) in [6.07, 6.45) is 1.87. The molecule has 1 rings (SSSR count). The molecule has 4 nitrogen and oxygen atoms in total. The second kappa shape index (κ2) is 6.70. The smallest absolute Gasteiger partial charge is 0.258 e. The lowest BCUT2D eigenvalue weighted by Gasteiger charge is -2.08. The van der Waals surface area contributed by atoms with E-state index in [-0.39, 0.29) is 15.4 Å². The third-order valence-corrected chi connectivity index (χ3v) is 3.35. The largest absolute Gasteiger partial charge is 0.270 e. The Balaban J connectivity index is 3.05. The average Bonchev–Trinajstić information content (AvgIpc) is 2.33. The fourth-order valence-electron chi connectivity index (χ4n) is 1.53. The fraction of sp³-hybridized carbons (Fsp3) is 0.500. The van der Waals surface area contributed by atoms with Gasteiger partial charge in [0.25, 0.3) is 5.69 Å². The van der Waals surface area contributed by atoms with Gasteiger partial charge >= 0.3 is 0 Å². The summed E-state index contributed by atoms with van der Waals surface area (Å²) in [5, 5.41) is 10.8. The number of non-ortho nitro benzene ring substituents is 1. The lowest BCUT2D eigenvalue weighted by molar-refractivity contribution is -0.384. The molecule has 1 aromatic rings. The first kappa shape index (κ1) is 15.7. The summed E-state index contributed by atoms with van der Waals surface area (Å²) in [6, 6.07) is 6.78. The second-order valence-corrected chi connectivity index (χ2v) is 6.99. The number of nitro benzene ring substituents is 1. The molecule has 0 radical (unpaired) electrons. The average molecular weight is 281 g/mol. The SMILES string of the molecule is CCC/C(=[NH+]\SC(C)(C)C)c1cccc([N+](=O)[O-])c1. The standard InChI is InChI=1S/C14H20N2O2S/c1-5-7-13(15-19-14(2,3)4)11-8-6-9-12(10-11)16(17)18/h6,8-10H,5,7H2,1-4H3/p+1/b15-13+. The van der Waals surface area contributed by atoms with Crippen molar-refractivity contribution in [1.82, 2.24) is 0 Å². The van der Waals surface area contributed by atoms with Gasteiger partial charge in [0.15, 0.2) is 17.7 Å². The molecule has 0 atom stereocenters. The summed E-state index contributed by atoms with van der Waals surface area (Å²) in [7, 11) is 0. The minimum absolute atomic E-state index is 0.0969. The van der Waals surface area contributed by atoms with E-state index in [1.165, 1.54) is 6.07 Å². The quantitative estimate of drug-likeness (QED) is 0.391. The van der Waals surface area contributed by atoms with Crippen molar-refractivity contribution in [1.29, 1.82) is 0 Å². The molecule has 0 heterocycles. The summed E-state index contributed by atoms with van der Waals surface area (Å²) in [5.74, 6) is 0. The predicted molar refractivity (Wildman–Crippen MR) is 80.4 cm³/mol. The number of benzene rings is 1. The highest BCUT2D eigenvalue weighted by atomic mass is 32.2. The van der Waals surface area contributed by atoms with E-state index in [9.17, 15) is 10.1 Å². The maximum absolute atomic E-state index is 10.8. The minimum atomic E-state index is -0.357. The number of nitro groups is 1. The van der Waals surface area contributed by atoms with Crippen LogP contribution in [-0.2, 0) is 0 Å². The monoisotopic (exact) mass is 281 g/mol. The summed E-state index contributed by atoms with van der Waals surface area (Å²) in [6.45, 7) is 8.48. The molecule has 0 saturated carbocycles. The van der Waals surface area contributed by atoms with Gasteiger partial charge in [-0.1, -0.05) is 13.0 Å². The molecule has 0 fully saturated rings. The summed E-state index contributed by atoms with van der Waals surface area (Å²) in [4.78, 5) is 10.5. The van der Waals surface area contributed by atoms with Crippen LogP contribution in [0.5, 0.6) is 0 Å². The van der Waals surface area contributed by atoms with Gasteiger partial charge < -0.3 is 0 Å². The van der Waals surface area contributed by atoms with Crippen molar-refractivity contribution in [3.63, 3.8) is 0 Å². The molecule has 0 saturated heterocycles. The Labute approximate surface area is 118 Å². The molecule has 0 bridgehead atoms. The maximum atomic E-state index is 10.8. The van der Waals surface area contributed by atoms with Gasteiger partial charge in [-0.25, -0.2) is 0 Å². The molecule has 5 heteroatoms. The molecule has 0 aliphatic rings. The van der Waals surface area contributed by atoms with Gasteiger partial charge in [-0.05, 0) is 33.3 Å². The molecule has 1 N–H and O–H groups in total. The van der Waals surface area contributed by atoms with Crippen LogP contribution in [0.4, 0.5) is 5.69 Å². The van der Waals surface area contributed by atoms with Crippen LogP contribution in [0.15, 0.2) is 24.3 Å². The van der Waals surface area contributed by atoms with Crippen molar-refractivity contribution >= 4 is 23.3 Å². The molecule has 0 aliphatic heterocycles. The Bertz CT molecular complexity index is 479. The molecule has 0 aromatic heterocycles. The molecule has 0 unspecified atom stereocenters. The van der Waals surface area contributed by atoms with Gasteiger partial charge in [0.1, 0.15) is 0 Å². The van der Waals surface area contributed by atoms with E-state index < -0.39 is 0 Å². The topological polar surface area (TPSA) is 57.1 Å². The lowest BCUT2D eigenvalue weighted by atomic mass is 10.1. The van der Waals surface area contributed by atoms with Crippen LogP contribution in [-0.4, -0.2) is 15.4 Å². The molecular weight excluding hydrogens is 260 g/mol. The molecule has 0 aliphatic carbocycles. The van der Waals surface area contributed by atoms with Gasteiger partial charge in [0, 0.05) is 24.1 Å². The molecule has 19 heavy (non-hydrogen) atoms. The zero-order chi connectivity index (χ0) is 14.5. The summed E-state index contributed by atoms with van der Waals surface area (Å²) >= 11 is 1.63. The van der Waals surface area contributed by atoms with E-state index in [1.54, 1.807) is 24.1 Å². The van der Waals surface area contributed by atoms with Crippen molar-refractivity contribution in [3.05, 3.63) is 39.9 Å². The van der Waals surface area contributed by atoms with Crippen molar-refractivity contribution in [2.24, 2.45) is 0 Å². The van der Waals surface area contributed by atoms with Crippen molar-refractivity contribution in [2.45, 2.75) is 45.3 Å². The van der Waals surface area contributed by atoms with Crippen LogP contribution in [0.25, 0.3) is 0 Å². The minimum Gasteiger partial charge on any atom is -0.258 e. The van der Waals surface area contributed by atoms with E-state index in [0.29, 0.717) is 0 Å². The van der Waals surface area contributed by atoms with Crippen LogP contribution < -0.4 is 4.40 Å². The van der Waals surface area contributed by atoms with Crippen LogP contribution in [0.2, 0.25) is 0 Å². The van der Waals surface area contributed by atoms with Gasteiger partial charge in [-0.3, -0.25) is 10.1 Å². The van der Waals surface area contributed by atoms with Crippen molar-refractivity contribution in [2.75, 3.05) is 0 Å². The molecule has 1 aromatic carbocycles. The third kappa shape index (κ3) is 5.42. The number of nitrogens with zero attached hydrogens (tertiary/aromatic N) is 1. The Morgan fingerprint density at radius 3 is 2.63 bits per heavy atom. The van der Waals surface area contributed by atoms with Gasteiger partial charge in [-0.15, -0.1) is 0 Å². The maximum Gasteiger partial charge on any atom is 0.270 e. The molecule has 0 amide bonds. The van der Waals surface area contributed by atoms with Crippen LogP contribution in [0.3, 0.4) is 0 Å². The Kier molecular flexibility index (Phi) is 5.54. The highest BCUT2D eigenvalue weighted by Crippen LogP contribution is 2.16. The first-order valence-corrected chi connectivity index (χ1v) is 7.20. The van der Waals surface area contributed by atoms with Gasteiger partial charge in [-0.2, -0.15) is 4.40 Å². The molecular formula is C14H21N2O2S+. The number of hydrogen-bond donors (Lipinski definition) is 1. The predicted octanol–water partition coefficient (Wildman–Crippen LogP) is 2.71. The first-order chi connectivity index (χ1) is 8.83. The molecule has 0 spiro atoms. The fourth-order valence-corrected chi connectivity index (χ4v) is 2.18. The first-order valence-electron chi connectivity index (χ1n) is 6.38. The normalized spacial score (nSPS) is 12.5. The van der Waals surface area contributed by atoms with E-state index >= 15 is 0 Å². The third-order valence-electron chi connectivity index (χ3n) is 2.39. The Morgan fingerprint density at radius 1 is 1.42 bits per heavy atom. The molecule has 104 valence electrons. The highest BCUT2D eigenvalue weighted by Gasteiger charge is 2.19. The van der Waals surface area contributed by atoms with E-state index in [4.69, 9.17) is 0 Å². The van der Waals surface area contributed by atoms with E-state index in [0.717, 1.165) is 24.1 Å². The van der Waals surface area contributed by atoms with Gasteiger partial charge in [0.2, 0.25) is 0 Å². The van der Waals surface area contributed by atoms with E-state index in [1.807, 2.05) is 6.07 Å². The van der Waals surface area contributed by atoms with Gasteiger partial charge in [0.05, 0.1) is 9.67 Å². The Morgan fingerprint density at radius 2 is 2.11 bits per heavy atom.